The van der Waals surface area contributed by atoms with Crippen LogP contribution < -0.4 is 5.46 Å². The zero-order valence-corrected chi connectivity index (χ0v) is 8.21. The lowest BCUT2D eigenvalue weighted by Crippen LogP contribution is -2.31. The highest BCUT2D eigenvalue weighted by molar-refractivity contribution is 14.1. The summed E-state index contributed by atoms with van der Waals surface area (Å²) in [6, 6.07) is 3.45. The molecule has 2 nitrogen and oxygen atoms in total. The van der Waals surface area contributed by atoms with E-state index in [9.17, 15) is 9.41 Å². The highest BCUT2D eigenvalue weighted by Gasteiger charge is 2.31. The second-order valence-electron chi connectivity index (χ2n) is 2.60. The second kappa shape index (κ2) is 2.97. The summed E-state index contributed by atoms with van der Waals surface area (Å²) in [5.41, 5.74) is 1.03. The Balaban J connectivity index is 2.63. The molecule has 0 bridgehead atoms. The van der Waals surface area contributed by atoms with Crippen LogP contribution in [0.25, 0.3) is 0 Å². The normalized spacial score (nSPS) is 15.1. The SMILES string of the molecule is OB1OCc2ccc(I)c(F)c21. The Bertz CT molecular complexity index is 331. The molecule has 0 aliphatic carbocycles. The van der Waals surface area contributed by atoms with Gasteiger partial charge in [0.25, 0.3) is 0 Å². The molecule has 0 saturated heterocycles. The third-order valence-electron chi connectivity index (χ3n) is 1.87. The number of hydrogen-bond acceptors (Lipinski definition) is 2. The van der Waals surface area contributed by atoms with Gasteiger partial charge in [-0.25, -0.2) is 4.39 Å². The van der Waals surface area contributed by atoms with Crippen LogP contribution in [0.1, 0.15) is 5.56 Å². The highest BCUT2D eigenvalue weighted by Crippen LogP contribution is 2.16. The zero-order chi connectivity index (χ0) is 8.72. The van der Waals surface area contributed by atoms with Crippen LogP contribution in [-0.2, 0) is 11.3 Å². The number of halogens is 2. The van der Waals surface area contributed by atoms with E-state index in [2.05, 4.69) is 0 Å². The van der Waals surface area contributed by atoms with E-state index in [1.165, 1.54) is 0 Å². The van der Waals surface area contributed by atoms with Crippen LogP contribution >= 0.6 is 22.6 Å². The maximum Gasteiger partial charge on any atom is 0.494 e. The predicted molar refractivity (Wildman–Crippen MR) is 51.5 cm³/mol. The van der Waals surface area contributed by atoms with Crippen molar-refractivity contribution in [3.63, 3.8) is 0 Å². The second-order valence-corrected chi connectivity index (χ2v) is 3.76. The van der Waals surface area contributed by atoms with E-state index in [0.29, 0.717) is 15.6 Å². The van der Waals surface area contributed by atoms with Crippen molar-refractivity contribution in [3.05, 3.63) is 27.1 Å². The van der Waals surface area contributed by atoms with Crippen LogP contribution in [0.15, 0.2) is 12.1 Å². The molecule has 0 fully saturated rings. The van der Waals surface area contributed by atoms with Crippen LogP contribution in [0.5, 0.6) is 0 Å². The number of benzene rings is 1. The Morgan fingerprint density at radius 3 is 3.08 bits per heavy atom. The molecule has 0 amide bonds. The Labute approximate surface area is 83.0 Å². The van der Waals surface area contributed by atoms with Gasteiger partial charge in [-0.2, -0.15) is 0 Å². The summed E-state index contributed by atoms with van der Waals surface area (Å²) >= 11 is 1.89. The van der Waals surface area contributed by atoms with Crippen LogP contribution in [0.2, 0.25) is 0 Å². The van der Waals surface area contributed by atoms with E-state index < -0.39 is 7.12 Å². The van der Waals surface area contributed by atoms with Gasteiger partial charge in [-0.05, 0) is 34.2 Å². The van der Waals surface area contributed by atoms with Crippen molar-refractivity contribution in [1.29, 1.82) is 0 Å². The van der Waals surface area contributed by atoms with Crippen molar-refractivity contribution in [3.8, 4) is 0 Å². The van der Waals surface area contributed by atoms with Crippen LogP contribution in [0.3, 0.4) is 0 Å². The van der Waals surface area contributed by atoms with Crippen molar-refractivity contribution < 1.29 is 14.1 Å². The van der Waals surface area contributed by atoms with E-state index in [-0.39, 0.29) is 5.82 Å². The molecule has 0 radical (unpaired) electrons. The van der Waals surface area contributed by atoms with E-state index in [1.807, 2.05) is 22.6 Å². The maximum absolute atomic E-state index is 13.3. The van der Waals surface area contributed by atoms with Crippen molar-refractivity contribution in [2.24, 2.45) is 0 Å². The molecule has 0 atom stereocenters. The molecule has 5 heteroatoms. The van der Waals surface area contributed by atoms with Gasteiger partial charge in [-0.15, -0.1) is 0 Å². The van der Waals surface area contributed by atoms with Crippen molar-refractivity contribution in [2.75, 3.05) is 0 Å². The molecule has 1 aliphatic rings. The molecular formula is C7H5BFIO2. The van der Waals surface area contributed by atoms with Crippen LogP contribution in [-0.4, -0.2) is 12.1 Å². The molecule has 1 aromatic rings. The smallest absolute Gasteiger partial charge is 0.423 e. The zero-order valence-electron chi connectivity index (χ0n) is 6.05. The minimum atomic E-state index is -1.09. The summed E-state index contributed by atoms with van der Waals surface area (Å²) in [7, 11) is -1.09. The molecule has 0 unspecified atom stereocenters. The summed E-state index contributed by atoms with van der Waals surface area (Å²) in [5, 5.41) is 9.22. The summed E-state index contributed by atoms with van der Waals surface area (Å²) < 4.78 is 18.7. The van der Waals surface area contributed by atoms with Gasteiger partial charge < -0.3 is 9.68 Å². The average molecular weight is 278 g/mol. The fourth-order valence-electron chi connectivity index (χ4n) is 1.25. The van der Waals surface area contributed by atoms with Crippen molar-refractivity contribution >= 4 is 35.2 Å². The third-order valence-corrected chi connectivity index (χ3v) is 2.70. The largest absolute Gasteiger partial charge is 0.494 e. The lowest BCUT2D eigenvalue weighted by atomic mass is 9.79. The van der Waals surface area contributed by atoms with Gasteiger partial charge in [0.1, 0.15) is 5.82 Å². The Morgan fingerprint density at radius 1 is 1.58 bits per heavy atom. The Morgan fingerprint density at radius 2 is 2.33 bits per heavy atom. The molecule has 0 saturated carbocycles. The van der Waals surface area contributed by atoms with Gasteiger partial charge >= 0.3 is 7.12 Å². The number of rotatable bonds is 0. The van der Waals surface area contributed by atoms with Gasteiger partial charge in [0.05, 0.1) is 6.61 Å². The first-order valence-corrected chi connectivity index (χ1v) is 4.54. The molecule has 62 valence electrons. The van der Waals surface area contributed by atoms with E-state index >= 15 is 0 Å². The topological polar surface area (TPSA) is 29.5 Å². The number of fused-ring (bicyclic) bond motifs is 1. The van der Waals surface area contributed by atoms with Crippen LogP contribution in [0, 0.1) is 9.39 Å². The summed E-state index contributed by atoms with van der Waals surface area (Å²) in [6.45, 7) is 0.296. The summed E-state index contributed by atoms with van der Waals surface area (Å²) in [4.78, 5) is 0. The molecule has 1 aromatic carbocycles. The monoisotopic (exact) mass is 278 g/mol. The first-order valence-electron chi connectivity index (χ1n) is 3.46. The molecule has 1 heterocycles. The average Bonchev–Trinajstić information content (AvgIpc) is 2.41. The summed E-state index contributed by atoms with van der Waals surface area (Å²) in [5.74, 6) is -0.363. The van der Waals surface area contributed by atoms with Crippen molar-refractivity contribution in [2.45, 2.75) is 6.61 Å². The molecule has 0 spiro atoms. The van der Waals surface area contributed by atoms with E-state index in [1.54, 1.807) is 12.1 Å². The Hall–Kier alpha value is -0.135. The predicted octanol–water partition coefficient (Wildman–Crippen LogP) is 0.648. The number of hydrogen-bond donors (Lipinski definition) is 1. The molecule has 2 rings (SSSR count). The quantitative estimate of drug-likeness (QED) is 0.557. The fraction of sp³-hybridized carbons (Fsp3) is 0.143. The molecule has 0 aromatic heterocycles. The molecule has 1 N–H and O–H groups in total. The molecule has 1 aliphatic heterocycles. The van der Waals surface area contributed by atoms with Gasteiger partial charge in [-0.1, -0.05) is 6.07 Å². The van der Waals surface area contributed by atoms with Gasteiger partial charge in [0.2, 0.25) is 0 Å². The van der Waals surface area contributed by atoms with E-state index in [0.717, 1.165) is 5.56 Å². The maximum atomic E-state index is 13.3. The summed E-state index contributed by atoms with van der Waals surface area (Å²) in [6.07, 6.45) is 0. The molecular weight excluding hydrogens is 273 g/mol. The lowest BCUT2D eigenvalue weighted by molar-refractivity contribution is 0.275. The van der Waals surface area contributed by atoms with Crippen molar-refractivity contribution in [1.82, 2.24) is 0 Å². The highest BCUT2D eigenvalue weighted by atomic mass is 127. The lowest BCUT2D eigenvalue weighted by Gasteiger charge is -2.01. The Kier molecular flexibility index (Phi) is 2.10. The molecule has 12 heavy (non-hydrogen) atoms. The van der Waals surface area contributed by atoms with Gasteiger partial charge in [-0.3, -0.25) is 0 Å². The fourth-order valence-corrected chi connectivity index (χ4v) is 1.72. The van der Waals surface area contributed by atoms with E-state index in [4.69, 9.17) is 4.65 Å². The minimum absolute atomic E-state index is 0.293. The minimum Gasteiger partial charge on any atom is -0.423 e. The first kappa shape index (κ1) is 8.46. The first-order chi connectivity index (χ1) is 5.70. The van der Waals surface area contributed by atoms with Crippen LogP contribution in [0.4, 0.5) is 4.39 Å². The standard InChI is InChI=1S/C7H5BFIO2/c9-7-5(10)2-1-4-3-12-8(11)6(4)7/h1-2,11H,3H2. The van der Waals surface area contributed by atoms with Gasteiger partial charge in [0.15, 0.2) is 0 Å². The third kappa shape index (κ3) is 1.16. The van der Waals surface area contributed by atoms with Gasteiger partial charge in [0, 0.05) is 9.03 Å².